The van der Waals surface area contributed by atoms with Gasteiger partial charge in [0.15, 0.2) is 0 Å². The van der Waals surface area contributed by atoms with E-state index < -0.39 is 0 Å². The highest BCUT2D eigenvalue weighted by Crippen LogP contribution is 2.25. The zero-order chi connectivity index (χ0) is 24.2. The lowest BCUT2D eigenvalue weighted by Crippen LogP contribution is -2.40. The number of hydrogen-bond acceptors (Lipinski definition) is 2. The largest absolute Gasteiger partial charge is 0.275 e. The third-order valence-corrected chi connectivity index (χ3v) is 7.28. The zero-order valence-electron chi connectivity index (χ0n) is 22.5. The molecule has 1 aliphatic rings. The fourth-order valence-electron chi connectivity index (χ4n) is 5.07. The van der Waals surface area contributed by atoms with Gasteiger partial charge in [0.2, 0.25) is 11.8 Å². The Kier molecular flexibility index (Phi) is 18.4. The average molecular weight is 462 g/mol. The molecule has 33 heavy (non-hydrogen) atoms. The molecule has 1 atom stereocenters. The maximum atomic E-state index is 12.4. The number of nitrogens with zero attached hydrogens (tertiary/aromatic N) is 1. The van der Waals surface area contributed by atoms with Crippen LogP contribution in [0, 0.1) is 0 Å². The van der Waals surface area contributed by atoms with E-state index >= 15 is 0 Å². The standard InChI is InChI=1S/C30H55NO2/c1-4-6-8-10-12-13-14-15-16-17-18-19-21-23-27(3)28(24-22-20-11-9-7-5-2)31-29(32)25-26-30(31)33/h23,28H,4-22,24-26H2,1-3H3. The molecule has 0 bridgehead atoms. The summed E-state index contributed by atoms with van der Waals surface area (Å²) in [6.45, 7) is 6.66. The molecule has 1 heterocycles. The van der Waals surface area contributed by atoms with Gasteiger partial charge in [-0.25, -0.2) is 0 Å². The minimum absolute atomic E-state index is 0.00370. The molecule has 0 aromatic carbocycles. The number of likely N-dealkylation sites (tertiary alicyclic amines) is 1. The second kappa shape index (κ2) is 20.3. The molecule has 1 unspecified atom stereocenters. The van der Waals surface area contributed by atoms with Crippen LogP contribution in [-0.2, 0) is 9.59 Å². The first kappa shape index (κ1) is 29.9. The number of rotatable bonds is 22. The summed E-state index contributed by atoms with van der Waals surface area (Å²) in [4.78, 5) is 26.3. The van der Waals surface area contributed by atoms with Crippen LogP contribution in [0.2, 0.25) is 0 Å². The minimum Gasteiger partial charge on any atom is -0.275 e. The lowest BCUT2D eigenvalue weighted by molar-refractivity contribution is -0.140. The molecule has 1 fully saturated rings. The van der Waals surface area contributed by atoms with E-state index in [0.29, 0.717) is 12.8 Å². The Bertz CT molecular complexity index is 523. The molecule has 0 spiro atoms. The Balaban J connectivity index is 2.26. The summed E-state index contributed by atoms with van der Waals surface area (Å²) in [5, 5.41) is 0. The molecule has 0 N–H and O–H groups in total. The molecular weight excluding hydrogens is 406 g/mol. The lowest BCUT2D eigenvalue weighted by Gasteiger charge is -2.27. The highest BCUT2D eigenvalue weighted by molar-refractivity contribution is 6.02. The van der Waals surface area contributed by atoms with E-state index in [-0.39, 0.29) is 17.9 Å². The molecule has 192 valence electrons. The normalized spacial score (nSPS) is 15.6. The Morgan fingerprint density at radius 2 is 1.06 bits per heavy atom. The van der Waals surface area contributed by atoms with Gasteiger partial charge in [0, 0.05) is 12.8 Å². The monoisotopic (exact) mass is 461 g/mol. The van der Waals surface area contributed by atoms with Gasteiger partial charge >= 0.3 is 0 Å². The molecule has 3 heteroatoms. The van der Waals surface area contributed by atoms with Crippen molar-refractivity contribution < 1.29 is 9.59 Å². The van der Waals surface area contributed by atoms with Crippen LogP contribution in [0.4, 0.5) is 0 Å². The van der Waals surface area contributed by atoms with Crippen molar-refractivity contribution in [1.82, 2.24) is 4.90 Å². The van der Waals surface area contributed by atoms with Gasteiger partial charge in [-0.05, 0) is 26.2 Å². The number of carbonyl (C=O) groups is 2. The van der Waals surface area contributed by atoms with Crippen LogP contribution in [0.15, 0.2) is 11.6 Å². The molecule has 2 amide bonds. The van der Waals surface area contributed by atoms with Crippen molar-refractivity contribution in [1.29, 1.82) is 0 Å². The number of allylic oxidation sites excluding steroid dienone is 1. The number of amides is 2. The summed E-state index contributed by atoms with van der Waals surface area (Å²) in [6, 6.07) is -0.00370. The summed E-state index contributed by atoms with van der Waals surface area (Å²) < 4.78 is 0. The molecule has 1 rings (SSSR count). The van der Waals surface area contributed by atoms with Gasteiger partial charge in [0.25, 0.3) is 0 Å². The molecule has 1 saturated heterocycles. The van der Waals surface area contributed by atoms with Crippen LogP contribution in [0.5, 0.6) is 0 Å². The maximum absolute atomic E-state index is 12.4. The Morgan fingerprint density at radius 1 is 0.667 bits per heavy atom. The van der Waals surface area contributed by atoms with Gasteiger partial charge in [0.1, 0.15) is 0 Å². The van der Waals surface area contributed by atoms with E-state index in [1.165, 1.54) is 115 Å². The summed E-state index contributed by atoms with van der Waals surface area (Å²) in [5.74, 6) is 0.0724. The second-order valence-electron chi connectivity index (χ2n) is 10.4. The van der Waals surface area contributed by atoms with Crippen molar-refractivity contribution >= 4 is 11.8 Å². The molecule has 0 saturated carbocycles. The lowest BCUT2D eigenvalue weighted by atomic mass is 9.97. The summed E-state index contributed by atoms with van der Waals surface area (Å²) in [5.41, 5.74) is 1.23. The van der Waals surface area contributed by atoms with Crippen LogP contribution in [0.3, 0.4) is 0 Å². The van der Waals surface area contributed by atoms with E-state index in [1.54, 1.807) is 4.90 Å². The molecule has 0 aliphatic carbocycles. The van der Waals surface area contributed by atoms with Crippen molar-refractivity contribution in [2.75, 3.05) is 0 Å². The van der Waals surface area contributed by atoms with Gasteiger partial charge in [-0.2, -0.15) is 0 Å². The maximum Gasteiger partial charge on any atom is 0.230 e. The Labute approximate surface area is 206 Å². The zero-order valence-corrected chi connectivity index (χ0v) is 22.5. The highest BCUT2D eigenvalue weighted by Gasteiger charge is 2.35. The van der Waals surface area contributed by atoms with E-state index in [4.69, 9.17) is 0 Å². The van der Waals surface area contributed by atoms with E-state index in [9.17, 15) is 9.59 Å². The van der Waals surface area contributed by atoms with Crippen LogP contribution in [0.1, 0.15) is 162 Å². The Hall–Kier alpha value is -1.12. The first-order chi connectivity index (χ1) is 16.1. The topological polar surface area (TPSA) is 37.4 Å². The summed E-state index contributed by atoms with van der Waals surface area (Å²) >= 11 is 0. The molecule has 1 aliphatic heterocycles. The van der Waals surface area contributed by atoms with Gasteiger partial charge in [-0.15, -0.1) is 0 Å². The predicted octanol–water partition coefficient (Wildman–Crippen LogP) is 9.29. The van der Waals surface area contributed by atoms with Crippen LogP contribution in [-0.4, -0.2) is 22.8 Å². The van der Waals surface area contributed by atoms with Crippen molar-refractivity contribution in [2.45, 2.75) is 168 Å². The predicted molar refractivity (Wildman–Crippen MR) is 142 cm³/mol. The fraction of sp³-hybridized carbons (Fsp3) is 0.867. The van der Waals surface area contributed by atoms with Gasteiger partial charge in [0.05, 0.1) is 6.04 Å². The Morgan fingerprint density at radius 3 is 1.52 bits per heavy atom. The summed E-state index contributed by atoms with van der Waals surface area (Å²) in [7, 11) is 0. The summed E-state index contributed by atoms with van der Waals surface area (Å²) in [6.07, 6.45) is 29.0. The fourth-order valence-corrected chi connectivity index (χ4v) is 5.07. The first-order valence-corrected chi connectivity index (χ1v) is 14.6. The molecule has 0 radical (unpaired) electrons. The van der Waals surface area contributed by atoms with Crippen molar-refractivity contribution in [3.63, 3.8) is 0 Å². The quantitative estimate of drug-likeness (QED) is 0.0914. The number of hydrogen-bond donors (Lipinski definition) is 0. The molecular formula is C30H55NO2. The molecule has 3 nitrogen and oxygen atoms in total. The van der Waals surface area contributed by atoms with Crippen molar-refractivity contribution in [2.24, 2.45) is 0 Å². The highest BCUT2D eigenvalue weighted by atomic mass is 16.2. The van der Waals surface area contributed by atoms with Crippen LogP contribution < -0.4 is 0 Å². The second-order valence-corrected chi connectivity index (χ2v) is 10.4. The number of imide groups is 1. The van der Waals surface area contributed by atoms with E-state index in [1.807, 2.05) is 0 Å². The van der Waals surface area contributed by atoms with Gasteiger partial charge < -0.3 is 0 Å². The molecule has 0 aromatic heterocycles. The van der Waals surface area contributed by atoms with Crippen LogP contribution in [0.25, 0.3) is 0 Å². The average Bonchev–Trinajstić information content (AvgIpc) is 3.14. The first-order valence-electron chi connectivity index (χ1n) is 14.6. The third-order valence-electron chi connectivity index (χ3n) is 7.28. The van der Waals surface area contributed by atoms with Gasteiger partial charge in [-0.1, -0.05) is 135 Å². The van der Waals surface area contributed by atoms with Gasteiger partial charge in [-0.3, -0.25) is 14.5 Å². The van der Waals surface area contributed by atoms with Crippen LogP contribution >= 0.6 is 0 Å². The SMILES string of the molecule is CCCCCCCCCCCCCCC=C(C)C(CCCCCCCC)N1C(=O)CCC1=O. The molecule has 0 aromatic rings. The van der Waals surface area contributed by atoms with Crippen molar-refractivity contribution in [3.8, 4) is 0 Å². The van der Waals surface area contributed by atoms with E-state index in [2.05, 4.69) is 26.8 Å². The smallest absolute Gasteiger partial charge is 0.230 e. The minimum atomic E-state index is -0.00370. The van der Waals surface area contributed by atoms with Crippen molar-refractivity contribution in [3.05, 3.63) is 11.6 Å². The third kappa shape index (κ3) is 14.0. The number of carbonyl (C=O) groups excluding carboxylic acids is 2. The van der Waals surface area contributed by atoms with E-state index in [0.717, 1.165) is 19.3 Å². The number of unbranched alkanes of at least 4 members (excludes halogenated alkanes) is 17.